The second kappa shape index (κ2) is 3.03. The fourth-order valence-corrected chi connectivity index (χ4v) is 0.628. The molecule has 3 heteroatoms. The predicted molar refractivity (Wildman–Crippen MR) is 46.1 cm³/mol. The normalized spacial score (nSPS) is 38.8. The van der Waals surface area contributed by atoms with Crippen LogP contribution in [0.15, 0.2) is 24.2 Å². The zero-order chi connectivity index (χ0) is 16.4. The van der Waals surface area contributed by atoms with Gasteiger partial charge in [-0.3, -0.25) is 0 Å². The molecule has 12 heavy (non-hydrogen) atoms. The van der Waals surface area contributed by atoms with E-state index in [-0.39, 0.29) is 0 Å². The Morgan fingerprint density at radius 2 is 2.42 bits per heavy atom. The van der Waals surface area contributed by atoms with Crippen LogP contribution in [0.1, 0.15) is 12.3 Å². The van der Waals surface area contributed by atoms with Gasteiger partial charge in [0.2, 0.25) is 0 Å². The molecule has 64 valence electrons. The van der Waals surface area contributed by atoms with Gasteiger partial charge in [0.25, 0.3) is 0 Å². The molecule has 1 fully saturated rings. The molecule has 2 N–H and O–H groups in total. The van der Waals surface area contributed by atoms with E-state index in [1.807, 2.05) is 0 Å². The van der Waals surface area contributed by atoms with Crippen LogP contribution in [0.25, 0.3) is 0 Å². The number of nitrogens with two attached hydrogens (primary N) is 1. The molecule has 1 aliphatic heterocycles. The zero-order valence-electron chi connectivity index (χ0n) is 14.9. The van der Waals surface area contributed by atoms with Gasteiger partial charge in [0.1, 0.15) is 11.8 Å². The van der Waals surface area contributed by atoms with Crippen molar-refractivity contribution < 1.29 is 21.8 Å². The Bertz CT molecular complexity index is 575. The minimum absolute atomic E-state index is 0.536. The molecule has 1 aromatic rings. The van der Waals surface area contributed by atoms with Crippen LogP contribution < -0.4 is 10.5 Å². The number of benzene rings is 1. The number of hydrogen-bond acceptors (Lipinski definition) is 3. The SMILES string of the molecule is [2H]c1c([2H])c([2H])c(OC2([2H])C([2H])([2H])OC2([2H])[2H])c(N)c1[2H]. The summed E-state index contributed by atoms with van der Waals surface area (Å²) in [5, 5.41) is 0. The molecule has 1 heterocycles. The quantitative estimate of drug-likeness (QED) is 0.681. The van der Waals surface area contributed by atoms with Crippen molar-refractivity contribution in [3.05, 3.63) is 24.2 Å². The first-order valence-electron chi connectivity index (χ1n) is 7.61. The molecule has 1 aromatic carbocycles. The number of hydrogen-bond donors (Lipinski definition) is 1. The molecule has 1 aliphatic rings. The standard InChI is InChI=1S/C9H11NO2/c10-8-3-1-2-4-9(8)12-7-5-11-6-7/h1-4,7H,5-6,10H2/i1D,2D,3D,4D,5D2,6D2,7D. The van der Waals surface area contributed by atoms with Crippen molar-refractivity contribution in [2.24, 2.45) is 0 Å². The van der Waals surface area contributed by atoms with E-state index in [0.717, 1.165) is 0 Å². The molecule has 0 radical (unpaired) electrons. The molecule has 1 saturated heterocycles. The van der Waals surface area contributed by atoms with E-state index < -0.39 is 54.8 Å². The van der Waals surface area contributed by atoms with Crippen LogP contribution in [0.3, 0.4) is 0 Å². The summed E-state index contributed by atoms with van der Waals surface area (Å²) >= 11 is 0. The summed E-state index contributed by atoms with van der Waals surface area (Å²) in [6.07, 6.45) is -2.85. The first-order chi connectivity index (χ1) is 9.36. The van der Waals surface area contributed by atoms with Crippen LogP contribution in [0.4, 0.5) is 5.69 Å². The fourth-order valence-electron chi connectivity index (χ4n) is 0.628. The molecule has 0 amide bonds. The minimum Gasteiger partial charge on any atom is -0.483 e. The summed E-state index contributed by atoms with van der Waals surface area (Å²) in [6, 6.07) is -2.64. The van der Waals surface area contributed by atoms with Gasteiger partial charge in [0.15, 0.2) is 0 Å². The maximum Gasteiger partial charge on any atom is 0.145 e. The van der Waals surface area contributed by atoms with Gasteiger partial charge in [-0.2, -0.15) is 0 Å². The summed E-state index contributed by atoms with van der Waals surface area (Å²) in [4.78, 5) is 0. The van der Waals surface area contributed by atoms with Crippen LogP contribution in [0, 0.1) is 0 Å². The van der Waals surface area contributed by atoms with Gasteiger partial charge in [-0.15, -0.1) is 0 Å². The minimum atomic E-state index is -2.85. The number of anilines is 1. The second-order valence-corrected chi connectivity index (χ2v) is 1.98. The first-order valence-corrected chi connectivity index (χ1v) is 3.11. The average Bonchev–Trinajstić information content (AvgIpc) is 2.37. The number of para-hydroxylation sites is 2. The number of nitrogen functional groups attached to an aromatic ring is 1. The van der Waals surface area contributed by atoms with E-state index in [1.165, 1.54) is 0 Å². The first kappa shape index (κ1) is 2.39. The van der Waals surface area contributed by atoms with Crippen molar-refractivity contribution in [1.82, 2.24) is 0 Å². The van der Waals surface area contributed by atoms with Crippen molar-refractivity contribution in [2.75, 3.05) is 18.9 Å². The van der Waals surface area contributed by atoms with Crippen molar-refractivity contribution >= 4 is 5.69 Å². The summed E-state index contributed by atoms with van der Waals surface area (Å²) < 4.78 is 76.6. The second-order valence-electron chi connectivity index (χ2n) is 1.98. The van der Waals surface area contributed by atoms with Crippen LogP contribution in [-0.4, -0.2) is 19.2 Å². The van der Waals surface area contributed by atoms with Gasteiger partial charge in [0, 0.05) is 0 Å². The molecule has 3 nitrogen and oxygen atoms in total. The Morgan fingerprint density at radius 1 is 1.67 bits per heavy atom. The smallest absolute Gasteiger partial charge is 0.145 e. The third-order valence-electron chi connectivity index (χ3n) is 1.17. The monoisotopic (exact) mass is 174 g/mol. The lowest BCUT2D eigenvalue weighted by Gasteiger charge is -2.27. The molecular formula is C9H11NO2. The molecule has 0 aromatic heterocycles. The van der Waals surface area contributed by atoms with Gasteiger partial charge >= 0.3 is 0 Å². The highest BCUT2D eigenvalue weighted by molar-refractivity contribution is 5.51. The van der Waals surface area contributed by atoms with Crippen LogP contribution >= 0.6 is 0 Å². The Balaban J connectivity index is 2.55. The molecule has 0 bridgehead atoms. The molecular weight excluding hydrogens is 154 g/mol. The molecule has 0 saturated carbocycles. The van der Waals surface area contributed by atoms with E-state index in [1.54, 1.807) is 0 Å². The third-order valence-corrected chi connectivity index (χ3v) is 1.17. The summed E-state index contributed by atoms with van der Waals surface area (Å²) in [7, 11) is 0. The maximum absolute atomic E-state index is 7.79. The molecule has 0 atom stereocenters. The summed E-state index contributed by atoms with van der Waals surface area (Å²) in [5.74, 6) is -0.688. The Labute approximate surface area is 83.7 Å². The van der Waals surface area contributed by atoms with Crippen LogP contribution in [0.5, 0.6) is 5.75 Å². The molecule has 0 aliphatic carbocycles. The van der Waals surface area contributed by atoms with Crippen molar-refractivity contribution in [2.45, 2.75) is 6.08 Å². The molecule has 0 spiro atoms. The van der Waals surface area contributed by atoms with Crippen molar-refractivity contribution in [3.63, 3.8) is 0 Å². The average molecular weight is 174 g/mol. The van der Waals surface area contributed by atoms with E-state index >= 15 is 0 Å². The van der Waals surface area contributed by atoms with Crippen molar-refractivity contribution in [1.29, 1.82) is 0 Å². The fraction of sp³-hybridized carbons (Fsp3) is 0.333. The van der Waals surface area contributed by atoms with E-state index in [2.05, 4.69) is 4.74 Å². The lowest BCUT2D eigenvalue weighted by molar-refractivity contribution is -0.0793. The van der Waals surface area contributed by atoms with E-state index in [9.17, 15) is 0 Å². The van der Waals surface area contributed by atoms with E-state index in [4.69, 9.17) is 22.8 Å². The molecule has 0 unspecified atom stereocenters. The van der Waals surface area contributed by atoms with Gasteiger partial charge < -0.3 is 15.2 Å². The largest absolute Gasteiger partial charge is 0.483 e. The van der Waals surface area contributed by atoms with Crippen LogP contribution in [0.2, 0.25) is 0 Å². The maximum atomic E-state index is 7.79. The van der Waals surface area contributed by atoms with Gasteiger partial charge in [-0.05, 0) is 12.1 Å². The highest BCUT2D eigenvalue weighted by Gasteiger charge is 2.20. The van der Waals surface area contributed by atoms with Gasteiger partial charge in [0.05, 0.1) is 31.1 Å². The third kappa shape index (κ3) is 1.36. The van der Waals surface area contributed by atoms with Crippen molar-refractivity contribution in [3.8, 4) is 5.75 Å². The molecule has 2 rings (SSSR count). The Hall–Kier alpha value is -1.22. The Morgan fingerprint density at radius 3 is 3.17 bits per heavy atom. The van der Waals surface area contributed by atoms with E-state index in [0.29, 0.717) is 0 Å². The number of ether oxygens (including phenoxy) is 2. The summed E-state index contributed by atoms with van der Waals surface area (Å²) in [6.45, 7) is -5.61. The highest BCUT2D eigenvalue weighted by atomic mass is 16.6. The Kier molecular flexibility index (Phi) is 0.602. The topological polar surface area (TPSA) is 44.5 Å². The van der Waals surface area contributed by atoms with Gasteiger partial charge in [-0.1, -0.05) is 12.1 Å². The number of rotatable bonds is 2. The highest BCUT2D eigenvalue weighted by Crippen LogP contribution is 2.22. The van der Waals surface area contributed by atoms with Crippen LogP contribution in [-0.2, 0) is 4.74 Å². The van der Waals surface area contributed by atoms with Gasteiger partial charge in [-0.25, -0.2) is 0 Å². The lowest BCUT2D eigenvalue weighted by atomic mass is 10.3. The predicted octanol–water partition coefficient (Wildman–Crippen LogP) is 1.05. The lowest BCUT2D eigenvalue weighted by Crippen LogP contribution is -2.38. The summed E-state index contributed by atoms with van der Waals surface area (Å²) in [5.41, 5.74) is 4.98. The zero-order valence-corrected chi connectivity index (χ0v) is 5.89.